The molecule has 3 heterocycles. The van der Waals surface area contributed by atoms with E-state index >= 15 is 0 Å². The number of aryl methyl sites for hydroxylation is 1. The molecule has 0 saturated heterocycles. The number of ether oxygens (including phenoxy) is 1. The first kappa shape index (κ1) is 27.2. The van der Waals surface area contributed by atoms with E-state index < -0.39 is 0 Å². The zero-order valence-electron chi connectivity index (χ0n) is 19.7. The minimum atomic E-state index is -0.354. The first-order chi connectivity index (χ1) is 17.8. The number of fused-ring (bicyclic) bond motifs is 1. The van der Waals surface area contributed by atoms with E-state index in [4.69, 9.17) is 27.9 Å². The minimum Gasteiger partial charge on any atom is -0.485 e. The van der Waals surface area contributed by atoms with Gasteiger partial charge >= 0.3 is 0 Å². The number of anilines is 1. The van der Waals surface area contributed by atoms with Gasteiger partial charge < -0.3 is 15.0 Å². The smallest absolute Gasteiger partial charge is 0.246 e. The number of nitrogens with zero attached hydrogens (tertiary/aromatic N) is 5. The topological polar surface area (TPSA) is 102 Å². The van der Waals surface area contributed by atoms with Gasteiger partial charge in [0.15, 0.2) is 16.6 Å². The normalized spacial score (nSPS) is 10.9. The van der Waals surface area contributed by atoms with Crippen LogP contribution in [0.15, 0.2) is 58.7 Å². The summed E-state index contributed by atoms with van der Waals surface area (Å²) in [7, 11) is 1.58. The fraction of sp³-hybridized carbons (Fsp3) is 0.208. The maximum Gasteiger partial charge on any atom is 0.246 e. The summed E-state index contributed by atoms with van der Waals surface area (Å²) in [5.41, 5.74) is 2.44. The van der Waals surface area contributed by atoms with Gasteiger partial charge in [0.2, 0.25) is 11.8 Å². The van der Waals surface area contributed by atoms with Gasteiger partial charge in [0.1, 0.15) is 11.2 Å². The number of rotatable bonds is 9. The van der Waals surface area contributed by atoms with E-state index in [2.05, 4.69) is 36.2 Å². The highest BCUT2D eigenvalue weighted by atomic mass is 79.9. The Hall–Kier alpha value is -2.86. The number of carbonyl (C=O) groups excluding carboxylic acids is 2. The SMILES string of the molecule is Cc1nc2c(OCc3c(Cl)ccc(N(C)C(=O)CNC(=O)CSc4ncccn4)c3Cl)cccn2c1Br. The fourth-order valence-corrected chi connectivity index (χ4v) is 4.95. The molecule has 37 heavy (non-hydrogen) atoms. The van der Waals surface area contributed by atoms with Crippen molar-refractivity contribution in [2.24, 2.45) is 0 Å². The van der Waals surface area contributed by atoms with Crippen molar-refractivity contribution >= 4 is 74.0 Å². The molecule has 0 bridgehead atoms. The molecule has 2 amide bonds. The number of benzene rings is 1. The number of thioether (sulfide) groups is 1. The van der Waals surface area contributed by atoms with Gasteiger partial charge in [0.05, 0.1) is 28.7 Å². The molecule has 4 aromatic rings. The number of amides is 2. The van der Waals surface area contributed by atoms with Crippen LogP contribution in [0.25, 0.3) is 5.65 Å². The first-order valence-electron chi connectivity index (χ1n) is 10.9. The molecule has 1 N–H and O–H groups in total. The Balaban J connectivity index is 1.40. The highest BCUT2D eigenvalue weighted by Crippen LogP contribution is 2.35. The maximum absolute atomic E-state index is 12.8. The molecular weight excluding hydrogens is 603 g/mol. The second-order valence-corrected chi connectivity index (χ2v) is 10.2. The molecule has 9 nitrogen and oxygen atoms in total. The summed E-state index contributed by atoms with van der Waals surface area (Å²) in [5.74, 6) is -0.0259. The Morgan fingerprint density at radius 3 is 2.70 bits per heavy atom. The lowest BCUT2D eigenvalue weighted by Crippen LogP contribution is -2.39. The quantitative estimate of drug-likeness (QED) is 0.208. The molecule has 0 saturated carbocycles. The van der Waals surface area contributed by atoms with Crippen molar-refractivity contribution < 1.29 is 14.3 Å². The van der Waals surface area contributed by atoms with Crippen LogP contribution in [-0.2, 0) is 16.2 Å². The highest BCUT2D eigenvalue weighted by molar-refractivity contribution is 9.10. The largest absolute Gasteiger partial charge is 0.485 e. The van der Waals surface area contributed by atoms with Gasteiger partial charge in [-0.25, -0.2) is 15.0 Å². The molecule has 13 heteroatoms. The minimum absolute atomic E-state index is 0.0618. The van der Waals surface area contributed by atoms with Gasteiger partial charge in [-0.1, -0.05) is 35.0 Å². The number of halogens is 3. The van der Waals surface area contributed by atoms with E-state index in [0.717, 1.165) is 10.3 Å². The molecule has 0 unspecified atom stereocenters. The van der Waals surface area contributed by atoms with Crippen molar-refractivity contribution in [3.05, 3.63) is 74.8 Å². The highest BCUT2D eigenvalue weighted by Gasteiger charge is 2.20. The van der Waals surface area contributed by atoms with E-state index in [-0.39, 0.29) is 35.7 Å². The van der Waals surface area contributed by atoms with Crippen LogP contribution in [-0.4, -0.2) is 50.5 Å². The Kier molecular flexibility index (Phi) is 8.91. The molecule has 4 rings (SSSR count). The Morgan fingerprint density at radius 2 is 1.95 bits per heavy atom. The van der Waals surface area contributed by atoms with Crippen molar-refractivity contribution in [3.63, 3.8) is 0 Å². The molecule has 1 aromatic carbocycles. The van der Waals surface area contributed by atoms with Crippen molar-refractivity contribution in [2.75, 3.05) is 24.2 Å². The van der Waals surface area contributed by atoms with Crippen LogP contribution in [0, 0.1) is 6.92 Å². The molecule has 3 aromatic heterocycles. The summed E-state index contributed by atoms with van der Waals surface area (Å²) < 4.78 is 8.74. The summed E-state index contributed by atoms with van der Waals surface area (Å²) in [6.45, 7) is 1.75. The summed E-state index contributed by atoms with van der Waals surface area (Å²) in [6.07, 6.45) is 5.07. The van der Waals surface area contributed by atoms with Crippen LogP contribution in [0.1, 0.15) is 11.3 Å². The monoisotopic (exact) mass is 622 g/mol. The standard InChI is InChI=1S/C24H21BrCl2N6O3S/c1-14-22(25)33-10-3-5-18(23(33)31-14)36-12-15-16(26)6-7-17(21(15)27)32(2)20(35)11-30-19(34)13-37-24-28-8-4-9-29-24/h3-10H,11-13H2,1-2H3,(H,30,34). The third-order valence-corrected chi connectivity index (χ3v) is 7.91. The number of nitrogens with one attached hydrogen (secondary N) is 1. The molecule has 0 aliphatic heterocycles. The predicted octanol–water partition coefficient (Wildman–Crippen LogP) is 4.95. The van der Waals surface area contributed by atoms with Gasteiger partial charge in [0, 0.05) is 36.2 Å². The first-order valence-corrected chi connectivity index (χ1v) is 13.5. The number of hydrogen-bond acceptors (Lipinski definition) is 7. The lowest BCUT2D eigenvalue weighted by Gasteiger charge is -2.21. The van der Waals surface area contributed by atoms with E-state index in [1.807, 2.05) is 23.6 Å². The van der Waals surface area contributed by atoms with Crippen molar-refractivity contribution in [3.8, 4) is 5.75 Å². The van der Waals surface area contributed by atoms with Crippen molar-refractivity contribution in [2.45, 2.75) is 18.7 Å². The fourth-order valence-electron chi connectivity index (χ4n) is 3.33. The molecule has 0 aliphatic rings. The van der Waals surface area contributed by atoms with Crippen molar-refractivity contribution in [1.29, 1.82) is 0 Å². The number of pyridine rings is 1. The second kappa shape index (κ2) is 12.1. The lowest BCUT2D eigenvalue weighted by molar-refractivity contribution is -0.123. The molecule has 0 atom stereocenters. The van der Waals surface area contributed by atoms with Gasteiger partial charge in [-0.3, -0.25) is 14.0 Å². The second-order valence-electron chi connectivity index (χ2n) is 7.75. The van der Waals surface area contributed by atoms with E-state index in [0.29, 0.717) is 32.8 Å². The number of hydrogen-bond donors (Lipinski definition) is 1. The van der Waals surface area contributed by atoms with Gasteiger partial charge in [-0.15, -0.1) is 0 Å². The number of carbonyl (C=O) groups is 2. The summed E-state index contributed by atoms with van der Waals surface area (Å²) in [4.78, 5) is 38.9. The van der Waals surface area contributed by atoms with Crippen LogP contribution in [0.4, 0.5) is 5.69 Å². The van der Waals surface area contributed by atoms with Crippen LogP contribution >= 0.6 is 50.9 Å². The Bertz CT molecular complexity index is 1450. The molecule has 0 fully saturated rings. The summed E-state index contributed by atoms with van der Waals surface area (Å²) in [6, 6.07) is 8.64. The van der Waals surface area contributed by atoms with E-state index in [1.165, 1.54) is 16.7 Å². The number of likely N-dealkylation sites (N-methyl/N-ethyl adjacent to an activating group) is 1. The third-order valence-electron chi connectivity index (χ3n) is 5.30. The van der Waals surface area contributed by atoms with Gasteiger partial charge in [-0.05, 0) is 53.2 Å². The molecule has 0 spiro atoms. The zero-order valence-corrected chi connectivity index (χ0v) is 23.7. The predicted molar refractivity (Wildman–Crippen MR) is 148 cm³/mol. The van der Waals surface area contributed by atoms with E-state index in [1.54, 1.807) is 43.7 Å². The summed E-state index contributed by atoms with van der Waals surface area (Å²) >= 11 is 17.8. The van der Waals surface area contributed by atoms with Gasteiger partial charge in [-0.2, -0.15) is 0 Å². The van der Waals surface area contributed by atoms with Crippen LogP contribution in [0.5, 0.6) is 5.75 Å². The van der Waals surface area contributed by atoms with E-state index in [9.17, 15) is 9.59 Å². The van der Waals surface area contributed by atoms with Crippen LogP contribution in [0.3, 0.4) is 0 Å². The zero-order chi connectivity index (χ0) is 26.5. The van der Waals surface area contributed by atoms with Crippen LogP contribution < -0.4 is 15.0 Å². The molecular formula is C24H21BrCl2N6O3S. The number of imidazole rings is 1. The average molecular weight is 624 g/mol. The van der Waals surface area contributed by atoms with Crippen molar-refractivity contribution in [1.82, 2.24) is 24.7 Å². The number of aromatic nitrogens is 4. The maximum atomic E-state index is 12.8. The molecule has 192 valence electrons. The Labute approximate surface area is 235 Å². The molecule has 0 aliphatic carbocycles. The molecule has 0 radical (unpaired) electrons. The average Bonchev–Trinajstić information content (AvgIpc) is 3.20. The van der Waals surface area contributed by atoms with Crippen LogP contribution in [0.2, 0.25) is 10.0 Å². The third kappa shape index (κ3) is 6.35. The lowest BCUT2D eigenvalue weighted by atomic mass is 10.2. The van der Waals surface area contributed by atoms with Gasteiger partial charge in [0.25, 0.3) is 0 Å². The Morgan fingerprint density at radius 1 is 1.19 bits per heavy atom. The summed E-state index contributed by atoms with van der Waals surface area (Å²) in [5, 5.41) is 3.76.